The summed E-state index contributed by atoms with van der Waals surface area (Å²) in [6.45, 7) is 5.03. The highest BCUT2D eigenvalue weighted by atomic mass is 35.5. The van der Waals surface area contributed by atoms with Crippen LogP contribution in [0.1, 0.15) is 12.8 Å². The van der Waals surface area contributed by atoms with E-state index >= 15 is 0 Å². The van der Waals surface area contributed by atoms with Crippen LogP contribution in [-0.2, 0) is 0 Å². The van der Waals surface area contributed by atoms with E-state index in [1.807, 2.05) is 7.05 Å². The third-order valence-electron chi connectivity index (χ3n) is 1.65. The van der Waals surface area contributed by atoms with E-state index in [1.54, 1.807) is 0 Å². The van der Waals surface area contributed by atoms with Crippen molar-refractivity contribution in [3.8, 4) is 0 Å². The van der Waals surface area contributed by atoms with Crippen molar-refractivity contribution in [2.24, 2.45) is 5.92 Å². The van der Waals surface area contributed by atoms with E-state index in [0.717, 1.165) is 5.92 Å². The topological polar surface area (TPSA) is 12.0 Å². The lowest BCUT2D eigenvalue weighted by atomic mass is 9.81. The summed E-state index contributed by atoms with van der Waals surface area (Å²) in [5, 5.41) is 3.15. The lowest BCUT2D eigenvalue weighted by molar-refractivity contribution is 0.405. The third kappa shape index (κ3) is 2.37. The van der Waals surface area contributed by atoms with Gasteiger partial charge in [0.05, 0.1) is 0 Å². The molecule has 0 aliphatic heterocycles. The zero-order valence-electron chi connectivity index (χ0n) is 5.81. The van der Waals surface area contributed by atoms with Crippen molar-refractivity contribution in [3.05, 3.63) is 12.2 Å². The first-order valence-corrected chi connectivity index (χ1v) is 3.14. The molecule has 0 heterocycles. The van der Waals surface area contributed by atoms with Gasteiger partial charge in [0.2, 0.25) is 0 Å². The van der Waals surface area contributed by atoms with Crippen molar-refractivity contribution in [2.45, 2.75) is 12.8 Å². The van der Waals surface area contributed by atoms with Crippen molar-refractivity contribution in [3.63, 3.8) is 0 Å². The van der Waals surface area contributed by atoms with Crippen LogP contribution < -0.4 is 5.32 Å². The molecule has 0 radical (unpaired) electrons. The van der Waals surface area contributed by atoms with E-state index in [-0.39, 0.29) is 12.4 Å². The normalized spacial score (nSPS) is 18.6. The fourth-order valence-corrected chi connectivity index (χ4v) is 1.19. The predicted molar refractivity (Wildman–Crippen MR) is 43.0 cm³/mol. The summed E-state index contributed by atoms with van der Waals surface area (Å²) < 4.78 is 0. The Hall–Kier alpha value is -0.0100. The summed E-state index contributed by atoms with van der Waals surface area (Å²) in [5.74, 6) is 0.896. The fraction of sp³-hybridized carbons (Fsp3) is 0.714. The van der Waals surface area contributed by atoms with Gasteiger partial charge in [-0.25, -0.2) is 0 Å². The molecule has 0 unspecified atom stereocenters. The Morgan fingerprint density at radius 2 is 2.22 bits per heavy atom. The molecule has 1 N–H and O–H groups in total. The molecule has 0 aromatic carbocycles. The fourth-order valence-electron chi connectivity index (χ4n) is 1.19. The lowest BCUT2D eigenvalue weighted by Crippen LogP contribution is -2.25. The number of halogens is 1. The molecule has 9 heavy (non-hydrogen) atoms. The van der Waals surface area contributed by atoms with Crippen molar-refractivity contribution < 1.29 is 0 Å². The van der Waals surface area contributed by atoms with Gasteiger partial charge in [-0.2, -0.15) is 0 Å². The van der Waals surface area contributed by atoms with Crippen LogP contribution in [0.15, 0.2) is 12.2 Å². The van der Waals surface area contributed by atoms with Gasteiger partial charge in [-0.15, -0.1) is 12.4 Å². The van der Waals surface area contributed by atoms with Gasteiger partial charge in [0.15, 0.2) is 0 Å². The molecule has 2 heteroatoms. The van der Waals surface area contributed by atoms with Crippen LogP contribution in [0.3, 0.4) is 0 Å². The minimum Gasteiger partial charge on any atom is -0.319 e. The summed E-state index contributed by atoms with van der Waals surface area (Å²) in [7, 11) is 2.00. The van der Waals surface area contributed by atoms with Gasteiger partial charge in [-0.05, 0) is 32.4 Å². The second-order valence-electron chi connectivity index (χ2n) is 2.58. The van der Waals surface area contributed by atoms with Gasteiger partial charge >= 0.3 is 0 Å². The van der Waals surface area contributed by atoms with Gasteiger partial charge in [0.1, 0.15) is 0 Å². The Morgan fingerprint density at radius 3 is 2.56 bits per heavy atom. The van der Waals surface area contributed by atoms with Gasteiger partial charge in [0, 0.05) is 0 Å². The first-order chi connectivity index (χ1) is 3.83. The number of nitrogens with one attached hydrogen (secondary N) is 1. The molecule has 0 amide bonds. The number of hydrogen-bond acceptors (Lipinski definition) is 1. The summed E-state index contributed by atoms with van der Waals surface area (Å²) >= 11 is 0. The SMILES string of the molecule is C=C1CC(CNC)C1.Cl. The average molecular weight is 148 g/mol. The van der Waals surface area contributed by atoms with Gasteiger partial charge in [-0.3, -0.25) is 0 Å². The summed E-state index contributed by atoms with van der Waals surface area (Å²) in [6.07, 6.45) is 2.50. The molecule has 0 saturated heterocycles. The first-order valence-electron chi connectivity index (χ1n) is 3.14. The second kappa shape index (κ2) is 3.91. The second-order valence-corrected chi connectivity index (χ2v) is 2.58. The van der Waals surface area contributed by atoms with E-state index in [2.05, 4.69) is 11.9 Å². The highest BCUT2D eigenvalue weighted by Gasteiger charge is 2.19. The monoisotopic (exact) mass is 147 g/mol. The molecule has 1 saturated carbocycles. The van der Waals surface area contributed by atoms with Gasteiger partial charge in [0.25, 0.3) is 0 Å². The molecule has 54 valence electrons. The van der Waals surface area contributed by atoms with E-state index in [1.165, 1.54) is 25.0 Å². The molecular formula is C7H14ClN. The van der Waals surface area contributed by atoms with Crippen molar-refractivity contribution in [1.82, 2.24) is 5.32 Å². The molecule has 1 aliphatic carbocycles. The largest absolute Gasteiger partial charge is 0.319 e. The molecule has 0 bridgehead atoms. The lowest BCUT2D eigenvalue weighted by Gasteiger charge is -2.27. The number of rotatable bonds is 2. The van der Waals surface area contributed by atoms with Crippen molar-refractivity contribution in [2.75, 3.05) is 13.6 Å². The van der Waals surface area contributed by atoms with Crippen LogP contribution in [0.2, 0.25) is 0 Å². The molecule has 0 atom stereocenters. The van der Waals surface area contributed by atoms with Crippen LogP contribution in [0, 0.1) is 5.92 Å². The highest BCUT2D eigenvalue weighted by molar-refractivity contribution is 5.85. The van der Waals surface area contributed by atoms with Crippen molar-refractivity contribution >= 4 is 12.4 Å². The third-order valence-corrected chi connectivity index (χ3v) is 1.65. The minimum atomic E-state index is 0. The first kappa shape index (κ1) is 8.99. The molecular weight excluding hydrogens is 134 g/mol. The number of allylic oxidation sites excluding steroid dienone is 1. The standard InChI is InChI=1S/C7H13N.ClH/c1-6-3-7(4-6)5-8-2;/h7-8H,1,3-5H2,2H3;1H. The van der Waals surface area contributed by atoms with Crippen LogP contribution in [0.4, 0.5) is 0 Å². The smallest absolute Gasteiger partial charge is 0.00174 e. The number of hydrogen-bond donors (Lipinski definition) is 1. The Kier molecular flexibility index (Phi) is 3.91. The summed E-state index contributed by atoms with van der Waals surface area (Å²) in [4.78, 5) is 0. The molecule has 0 aromatic rings. The maximum atomic E-state index is 3.87. The maximum absolute atomic E-state index is 3.87. The van der Waals surface area contributed by atoms with E-state index < -0.39 is 0 Å². The minimum absolute atomic E-state index is 0. The molecule has 1 aliphatic rings. The Morgan fingerprint density at radius 1 is 1.67 bits per heavy atom. The summed E-state index contributed by atoms with van der Waals surface area (Å²) in [5.41, 5.74) is 1.42. The Labute approximate surface area is 62.9 Å². The van der Waals surface area contributed by atoms with Crippen LogP contribution >= 0.6 is 12.4 Å². The Balaban J connectivity index is 0.000000640. The van der Waals surface area contributed by atoms with Crippen LogP contribution in [0.25, 0.3) is 0 Å². The molecule has 1 fully saturated rings. The zero-order chi connectivity index (χ0) is 5.98. The van der Waals surface area contributed by atoms with E-state index in [4.69, 9.17) is 0 Å². The van der Waals surface area contributed by atoms with E-state index in [9.17, 15) is 0 Å². The molecule has 1 rings (SSSR count). The quantitative estimate of drug-likeness (QED) is 0.585. The zero-order valence-corrected chi connectivity index (χ0v) is 6.63. The maximum Gasteiger partial charge on any atom is -0.00174 e. The van der Waals surface area contributed by atoms with Crippen LogP contribution in [-0.4, -0.2) is 13.6 Å². The van der Waals surface area contributed by atoms with Crippen LogP contribution in [0.5, 0.6) is 0 Å². The van der Waals surface area contributed by atoms with E-state index in [0.29, 0.717) is 0 Å². The molecule has 0 spiro atoms. The summed E-state index contributed by atoms with van der Waals surface area (Å²) in [6, 6.07) is 0. The average Bonchev–Trinajstić information content (AvgIpc) is 1.64. The molecule has 1 nitrogen and oxygen atoms in total. The van der Waals surface area contributed by atoms with Gasteiger partial charge in [-0.1, -0.05) is 12.2 Å². The Bertz CT molecular complexity index is 93.1. The van der Waals surface area contributed by atoms with Crippen molar-refractivity contribution in [1.29, 1.82) is 0 Å². The van der Waals surface area contributed by atoms with Gasteiger partial charge < -0.3 is 5.32 Å². The highest BCUT2D eigenvalue weighted by Crippen LogP contribution is 2.30. The predicted octanol–water partition coefficient (Wildman–Crippen LogP) is 1.59. The molecule has 0 aromatic heterocycles.